The van der Waals surface area contributed by atoms with E-state index in [0.29, 0.717) is 12.0 Å². The van der Waals surface area contributed by atoms with Crippen LogP contribution in [0.2, 0.25) is 0 Å². The van der Waals surface area contributed by atoms with Crippen molar-refractivity contribution in [2.45, 2.75) is 58.3 Å². The van der Waals surface area contributed by atoms with Gasteiger partial charge in [0.1, 0.15) is 0 Å². The molecule has 17 heavy (non-hydrogen) atoms. The van der Waals surface area contributed by atoms with E-state index in [0.717, 1.165) is 5.56 Å². The number of hydrogen-bond acceptors (Lipinski definition) is 1. The first kappa shape index (κ1) is 14.1. The average Bonchev–Trinajstić information content (AvgIpc) is 2.26. The van der Waals surface area contributed by atoms with Gasteiger partial charge in [0, 0.05) is 18.8 Å². The standard InChI is InChI=1S/C11H13F2N.C3H8/c1-10(2)9-7-14-6-4-8(9)3-5-11(10,12)13;1-3-2/h4,6-7H,3,5H2,1-2H3;3H2,1-2H3. The topological polar surface area (TPSA) is 12.9 Å². The highest BCUT2D eigenvalue weighted by atomic mass is 19.3. The van der Waals surface area contributed by atoms with Crippen molar-refractivity contribution in [3.8, 4) is 0 Å². The van der Waals surface area contributed by atoms with Crippen molar-refractivity contribution in [3.05, 3.63) is 29.6 Å². The molecule has 3 heteroatoms. The highest BCUT2D eigenvalue weighted by Gasteiger charge is 2.50. The van der Waals surface area contributed by atoms with Crippen LogP contribution in [0.25, 0.3) is 0 Å². The van der Waals surface area contributed by atoms with Crippen LogP contribution >= 0.6 is 0 Å². The second-order valence-corrected chi connectivity index (χ2v) is 5.07. The van der Waals surface area contributed by atoms with Crippen molar-refractivity contribution in [1.82, 2.24) is 4.98 Å². The molecule has 0 aromatic carbocycles. The van der Waals surface area contributed by atoms with Gasteiger partial charge in [0.15, 0.2) is 0 Å². The molecule has 0 radical (unpaired) electrons. The molecule has 0 bridgehead atoms. The molecule has 1 aromatic heterocycles. The van der Waals surface area contributed by atoms with Gasteiger partial charge in [0.2, 0.25) is 0 Å². The Bertz CT molecular complexity index is 372. The second-order valence-electron chi connectivity index (χ2n) is 5.07. The molecule has 0 N–H and O–H groups in total. The Labute approximate surface area is 102 Å². The van der Waals surface area contributed by atoms with Crippen molar-refractivity contribution in [3.63, 3.8) is 0 Å². The molecule has 0 saturated carbocycles. The molecule has 1 aliphatic carbocycles. The maximum atomic E-state index is 13.6. The monoisotopic (exact) mass is 241 g/mol. The third kappa shape index (κ3) is 2.64. The molecule has 0 atom stereocenters. The molecule has 0 spiro atoms. The number of halogens is 2. The summed E-state index contributed by atoms with van der Waals surface area (Å²) in [5.41, 5.74) is 0.613. The first-order chi connectivity index (χ1) is 7.86. The van der Waals surface area contributed by atoms with Crippen molar-refractivity contribution in [2.75, 3.05) is 0 Å². The minimum atomic E-state index is -2.62. The van der Waals surface area contributed by atoms with E-state index in [1.165, 1.54) is 6.42 Å². The van der Waals surface area contributed by atoms with Crippen LogP contribution in [0.15, 0.2) is 18.5 Å². The summed E-state index contributed by atoms with van der Waals surface area (Å²) in [6.45, 7) is 7.43. The zero-order chi connectivity index (χ0) is 13.1. The van der Waals surface area contributed by atoms with E-state index in [1.807, 2.05) is 6.07 Å². The Balaban J connectivity index is 0.000000437. The molecular formula is C14H21F2N. The summed E-state index contributed by atoms with van der Waals surface area (Å²) in [5, 5.41) is 0. The highest BCUT2D eigenvalue weighted by molar-refractivity contribution is 5.35. The molecule has 0 fully saturated rings. The van der Waals surface area contributed by atoms with Crippen molar-refractivity contribution in [1.29, 1.82) is 0 Å². The molecule has 2 rings (SSSR count). The lowest BCUT2D eigenvalue weighted by Gasteiger charge is -2.39. The predicted octanol–water partition coefficient (Wildman–Crippen LogP) is 4.36. The van der Waals surface area contributed by atoms with Gasteiger partial charge in [-0.3, -0.25) is 4.98 Å². The van der Waals surface area contributed by atoms with Gasteiger partial charge in [-0.2, -0.15) is 0 Å². The van der Waals surface area contributed by atoms with E-state index in [-0.39, 0.29) is 6.42 Å². The van der Waals surface area contributed by atoms with Gasteiger partial charge in [-0.1, -0.05) is 20.3 Å². The lowest BCUT2D eigenvalue weighted by Crippen LogP contribution is -2.44. The third-order valence-electron chi connectivity index (χ3n) is 3.21. The maximum Gasteiger partial charge on any atom is 0.257 e. The number of fused-ring (bicyclic) bond motifs is 1. The van der Waals surface area contributed by atoms with Gasteiger partial charge < -0.3 is 0 Å². The van der Waals surface area contributed by atoms with Crippen molar-refractivity contribution >= 4 is 0 Å². The number of hydrogen-bond donors (Lipinski definition) is 0. The summed E-state index contributed by atoms with van der Waals surface area (Å²) in [6, 6.07) is 1.84. The fourth-order valence-electron chi connectivity index (χ4n) is 2.01. The Morgan fingerprint density at radius 1 is 1.29 bits per heavy atom. The number of aryl methyl sites for hydroxylation is 1. The SMILES string of the molecule is CC1(C)c2cnccc2CCC1(F)F.CCC. The molecule has 1 nitrogen and oxygen atoms in total. The Morgan fingerprint density at radius 3 is 2.47 bits per heavy atom. The van der Waals surface area contributed by atoms with E-state index >= 15 is 0 Å². The van der Waals surface area contributed by atoms with Crippen LogP contribution < -0.4 is 0 Å². The number of alkyl halides is 2. The predicted molar refractivity (Wildman–Crippen MR) is 66.5 cm³/mol. The average molecular weight is 241 g/mol. The van der Waals surface area contributed by atoms with Gasteiger partial charge in [-0.15, -0.1) is 0 Å². The summed E-state index contributed by atoms with van der Waals surface area (Å²) in [5.74, 6) is -2.62. The lowest BCUT2D eigenvalue weighted by molar-refractivity contribution is -0.0786. The van der Waals surface area contributed by atoms with Gasteiger partial charge in [0.25, 0.3) is 5.92 Å². The van der Waals surface area contributed by atoms with Gasteiger partial charge in [-0.25, -0.2) is 8.78 Å². The molecular weight excluding hydrogens is 220 g/mol. The van der Waals surface area contributed by atoms with Crippen LogP contribution in [-0.2, 0) is 11.8 Å². The minimum Gasteiger partial charge on any atom is -0.264 e. The van der Waals surface area contributed by atoms with Gasteiger partial charge in [0.05, 0.1) is 5.41 Å². The van der Waals surface area contributed by atoms with E-state index in [2.05, 4.69) is 18.8 Å². The first-order valence-electron chi connectivity index (χ1n) is 6.18. The van der Waals surface area contributed by atoms with Crippen LogP contribution in [0.3, 0.4) is 0 Å². The summed E-state index contributed by atoms with van der Waals surface area (Å²) in [4.78, 5) is 3.93. The summed E-state index contributed by atoms with van der Waals surface area (Å²) >= 11 is 0. The quantitative estimate of drug-likeness (QED) is 0.657. The Morgan fingerprint density at radius 2 is 1.88 bits per heavy atom. The second kappa shape index (κ2) is 5.11. The van der Waals surface area contributed by atoms with Crippen LogP contribution in [0, 0.1) is 0 Å². The third-order valence-corrected chi connectivity index (χ3v) is 3.21. The molecule has 1 aromatic rings. The number of pyridine rings is 1. The number of rotatable bonds is 0. The van der Waals surface area contributed by atoms with Crippen LogP contribution in [0.5, 0.6) is 0 Å². The zero-order valence-corrected chi connectivity index (χ0v) is 11.1. The highest BCUT2D eigenvalue weighted by Crippen LogP contribution is 2.46. The smallest absolute Gasteiger partial charge is 0.257 e. The van der Waals surface area contributed by atoms with Gasteiger partial charge in [-0.05, 0) is 37.5 Å². The molecule has 96 valence electrons. The first-order valence-corrected chi connectivity index (χ1v) is 6.18. The Kier molecular flexibility index (Phi) is 4.23. The van der Waals surface area contributed by atoms with E-state index in [1.54, 1.807) is 26.2 Å². The summed E-state index contributed by atoms with van der Waals surface area (Å²) < 4.78 is 27.3. The fraction of sp³-hybridized carbons (Fsp3) is 0.643. The maximum absolute atomic E-state index is 13.6. The number of aromatic nitrogens is 1. The Hall–Kier alpha value is -0.990. The molecule has 1 aliphatic rings. The fourth-order valence-corrected chi connectivity index (χ4v) is 2.01. The minimum absolute atomic E-state index is 0.0585. The van der Waals surface area contributed by atoms with Crippen molar-refractivity contribution < 1.29 is 8.78 Å². The number of nitrogens with zero attached hydrogens (tertiary/aromatic N) is 1. The van der Waals surface area contributed by atoms with E-state index < -0.39 is 11.3 Å². The van der Waals surface area contributed by atoms with Crippen LogP contribution in [0.4, 0.5) is 8.78 Å². The summed E-state index contributed by atoms with van der Waals surface area (Å²) in [6.07, 6.45) is 4.88. The lowest BCUT2D eigenvalue weighted by atomic mass is 9.71. The molecule has 0 aliphatic heterocycles. The molecule has 0 saturated heterocycles. The molecule has 0 amide bonds. The van der Waals surface area contributed by atoms with E-state index in [4.69, 9.17) is 0 Å². The van der Waals surface area contributed by atoms with Gasteiger partial charge >= 0.3 is 0 Å². The largest absolute Gasteiger partial charge is 0.264 e. The normalized spacial score (nSPS) is 19.9. The molecule has 0 unspecified atom stereocenters. The van der Waals surface area contributed by atoms with Crippen LogP contribution in [0.1, 0.15) is 51.7 Å². The van der Waals surface area contributed by atoms with Crippen LogP contribution in [-0.4, -0.2) is 10.9 Å². The summed E-state index contributed by atoms with van der Waals surface area (Å²) in [7, 11) is 0. The van der Waals surface area contributed by atoms with E-state index in [9.17, 15) is 8.78 Å². The molecule has 1 heterocycles. The zero-order valence-electron chi connectivity index (χ0n) is 11.1. The van der Waals surface area contributed by atoms with Crippen molar-refractivity contribution in [2.24, 2.45) is 0 Å².